The quantitative estimate of drug-likeness (QED) is 0.780. The number of benzene rings is 2. The molecule has 0 aromatic heterocycles. The Balaban J connectivity index is 2.52. The molecule has 0 heterocycles. The van der Waals surface area contributed by atoms with E-state index in [1.807, 2.05) is 6.07 Å². The van der Waals surface area contributed by atoms with Crippen LogP contribution >= 0.6 is 23.2 Å². The standard InChI is InChI=1S/C16H11Cl2NO2/c1-21-14-8-3-2-5-10(14)11(9-19)16(20)15-12(17)6-4-7-13(15)18/h2-8,11H,1H3. The third kappa shape index (κ3) is 3.02. The summed E-state index contributed by atoms with van der Waals surface area (Å²) in [6.07, 6.45) is 0. The first kappa shape index (κ1) is 15.4. The van der Waals surface area contributed by atoms with E-state index in [1.54, 1.807) is 42.5 Å². The highest BCUT2D eigenvalue weighted by Gasteiger charge is 2.27. The molecule has 0 radical (unpaired) electrons. The van der Waals surface area contributed by atoms with Crippen LogP contribution in [0.5, 0.6) is 5.75 Å². The number of carbonyl (C=O) groups is 1. The molecule has 3 nitrogen and oxygen atoms in total. The third-order valence-corrected chi connectivity index (χ3v) is 3.68. The molecule has 0 aliphatic heterocycles. The number of hydrogen-bond acceptors (Lipinski definition) is 3. The number of ketones is 1. The van der Waals surface area contributed by atoms with Crippen molar-refractivity contribution in [2.45, 2.75) is 5.92 Å². The zero-order chi connectivity index (χ0) is 15.4. The number of nitriles is 1. The van der Waals surface area contributed by atoms with Gasteiger partial charge >= 0.3 is 0 Å². The second-order valence-corrected chi connectivity index (χ2v) is 5.08. The first-order valence-corrected chi connectivity index (χ1v) is 6.86. The van der Waals surface area contributed by atoms with Crippen molar-refractivity contribution in [1.29, 1.82) is 5.26 Å². The van der Waals surface area contributed by atoms with Gasteiger partial charge in [-0.1, -0.05) is 47.5 Å². The lowest BCUT2D eigenvalue weighted by Crippen LogP contribution is -2.13. The van der Waals surface area contributed by atoms with E-state index in [0.29, 0.717) is 11.3 Å². The van der Waals surface area contributed by atoms with E-state index in [4.69, 9.17) is 27.9 Å². The summed E-state index contributed by atoms with van der Waals surface area (Å²) in [7, 11) is 1.49. The number of methoxy groups -OCH3 is 1. The number of rotatable bonds is 4. The normalized spacial score (nSPS) is 11.5. The highest BCUT2D eigenvalue weighted by atomic mass is 35.5. The molecule has 0 aliphatic carbocycles. The Hall–Kier alpha value is -2.02. The Kier molecular flexibility index (Phi) is 4.85. The van der Waals surface area contributed by atoms with Crippen molar-refractivity contribution in [3.63, 3.8) is 0 Å². The van der Waals surface area contributed by atoms with Crippen molar-refractivity contribution < 1.29 is 9.53 Å². The van der Waals surface area contributed by atoms with E-state index >= 15 is 0 Å². The zero-order valence-corrected chi connectivity index (χ0v) is 12.7. The molecule has 5 heteroatoms. The second kappa shape index (κ2) is 6.62. The summed E-state index contributed by atoms with van der Waals surface area (Å²) < 4.78 is 5.21. The van der Waals surface area contributed by atoms with E-state index in [1.165, 1.54) is 7.11 Å². The molecule has 0 fully saturated rings. The lowest BCUT2D eigenvalue weighted by atomic mass is 9.91. The average molecular weight is 320 g/mol. The summed E-state index contributed by atoms with van der Waals surface area (Å²) >= 11 is 12.1. The highest BCUT2D eigenvalue weighted by Crippen LogP contribution is 2.33. The number of hydrogen-bond donors (Lipinski definition) is 0. The molecule has 0 spiro atoms. The molecule has 0 N–H and O–H groups in total. The first-order valence-electron chi connectivity index (χ1n) is 6.11. The SMILES string of the molecule is COc1ccccc1C(C#N)C(=O)c1c(Cl)cccc1Cl. The van der Waals surface area contributed by atoms with Crippen LogP contribution in [-0.2, 0) is 0 Å². The molecule has 106 valence electrons. The number of halogens is 2. The van der Waals surface area contributed by atoms with Gasteiger partial charge in [0.1, 0.15) is 11.7 Å². The summed E-state index contributed by atoms with van der Waals surface area (Å²) in [5.74, 6) is -1.00. The van der Waals surface area contributed by atoms with Crippen molar-refractivity contribution in [1.82, 2.24) is 0 Å². The Morgan fingerprint density at radius 1 is 1.14 bits per heavy atom. The van der Waals surface area contributed by atoms with Crippen LogP contribution in [0.1, 0.15) is 21.8 Å². The lowest BCUT2D eigenvalue weighted by Gasteiger charge is -2.14. The monoisotopic (exact) mass is 319 g/mol. The van der Waals surface area contributed by atoms with Gasteiger partial charge in [0.05, 0.1) is 28.8 Å². The van der Waals surface area contributed by atoms with Crippen LogP contribution in [0.4, 0.5) is 0 Å². The van der Waals surface area contributed by atoms with Gasteiger partial charge in [-0.3, -0.25) is 4.79 Å². The summed E-state index contributed by atoms with van der Waals surface area (Å²) in [6, 6.07) is 13.7. The molecule has 1 unspecified atom stereocenters. The molecule has 0 aliphatic rings. The smallest absolute Gasteiger partial charge is 0.187 e. The zero-order valence-electron chi connectivity index (χ0n) is 11.1. The molecular formula is C16H11Cl2NO2. The third-order valence-electron chi connectivity index (χ3n) is 3.05. The highest BCUT2D eigenvalue weighted by molar-refractivity contribution is 6.40. The Morgan fingerprint density at radius 3 is 2.33 bits per heavy atom. The van der Waals surface area contributed by atoms with Gasteiger partial charge in [0.15, 0.2) is 5.78 Å². The van der Waals surface area contributed by atoms with E-state index in [2.05, 4.69) is 0 Å². The summed E-state index contributed by atoms with van der Waals surface area (Å²) in [5.41, 5.74) is 0.641. The lowest BCUT2D eigenvalue weighted by molar-refractivity contribution is 0.0978. The van der Waals surface area contributed by atoms with Crippen LogP contribution in [0.15, 0.2) is 42.5 Å². The number of carbonyl (C=O) groups excluding carboxylic acids is 1. The van der Waals surface area contributed by atoms with Crippen LogP contribution in [0, 0.1) is 11.3 Å². The Morgan fingerprint density at radius 2 is 1.76 bits per heavy atom. The Bertz CT molecular complexity index is 702. The summed E-state index contributed by atoms with van der Waals surface area (Å²) in [5, 5.41) is 9.85. The van der Waals surface area contributed by atoms with Gasteiger partial charge in [0, 0.05) is 5.56 Å². The van der Waals surface area contributed by atoms with E-state index in [9.17, 15) is 10.1 Å². The average Bonchev–Trinajstić information content (AvgIpc) is 2.48. The van der Waals surface area contributed by atoms with Crippen molar-refractivity contribution in [2.24, 2.45) is 0 Å². The van der Waals surface area contributed by atoms with Gasteiger partial charge in [-0.15, -0.1) is 0 Å². The van der Waals surface area contributed by atoms with Gasteiger partial charge in [-0.2, -0.15) is 5.26 Å². The topological polar surface area (TPSA) is 50.1 Å². The fourth-order valence-corrected chi connectivity index (χ4v) is 2.64. The minimum absolute atomic E-state index is 0.151. The van der Waals surface area contributed by atoms with Gasteiger partial charge in [-0.25, -0.2) is 0 Å². The maximum atomic E-state index is 12.6. The van der Waals surface area contributed by atoms with Crippen LogP contribution in [0.3, 0.4) is 0 Å². The van der Waals surface area contributed by atoms with E-state index < -0.39 is 11.7 Å². The van der Waals surface area contributed by atoms with Gasteiger partial charge in [-0.05, 0) is 18.2 Å². The van der Waals surface area contributed by atoms with Crippen molar-refractivity contribution in [2.75, 3.05) is 7.11 Å². The number of ether oxygens (including phenoxy) is 1. The molecule has 2 aromatic carbocycles. The molecule has 2 rings (SSSR count). The van der Waals surface area contributed by atoms with Crippen molar-refractivity contribution in [3.05, 3.63) is 63.6 Å². The molecule has 0 bridgehead atoms. The molecule has 1 atom stereocenters. The van der Waals surface area contributed by atoms with Crippen LogP contribution in [-0.4, -0.2) is 12.9 Å². The minimum Gasteiger partial charge on any atom is -0.496 e. The Labute approximate surface area is 132 Å². The molecule has 0 amide bonds. The maximum Gasteiger partial charge on any atom is 0.187 e. The molecule has 21 heavy (non-hydrogen) atoms. The van der Waals surface area contributed by atoms with Crippen molar-refractivity contribution >= 4 is 29.0 Å². The van der Waals surface area contributed by atoms with Gasteiger partial charge < -0.3 is 4.74 Å². The minimum atomic E-state index is -1.03. The molecular weight excluding hydrogens is 309 g/mol. The maximum absolute atomic E-state index is 12.6. The number of Topliss-reactive ketones (excluding diaryl/α,β-unsaturated/α-hetero) is 1. The number of para-hydroxylation sites is 1. The second-order valence-electron chi connectivity index (χ2n) is 4.26. The first-order chi connectivity index (χ1) is 10.1. The van der Waals surface area contributed by atoms with Crippen LogP contribution in [0.25, 0.3) is 0 Å². The predicted octanol–water partition coefficient (Wildman–Crippen LogP) is 4.49. The van der Waals surface area contributed by atoms with Crippen molar-refractivity contribution in [3.8, 4) is 11.8 Å². The molecule has 0 saturated heterocycles. The van der Waals surface area contributed by atoms with Gasteiger partial charge in [0.2, 0.25) is 0 Å². The largest absolute Gasteiger partial charge is 0.496 e. The number of nitrogens with zero attached hydrogens (tertiary/aromatic N) is 1. The predicted molar refractivity (Wildman–Crippen MR) is 82.1 cm³/mol. The molecule has 0 saturated carbocycles. The van der Waals surface area contributed by atoms with Crippen LogP contribution < -0.4 is 4.74 Å². The fourth-order valence-electron chi connectivity index (χ4n) is 2.05. The van der Waals surface area contributed by atoms with E-state index in [0.717, 1.165) is 0 Å². The summed E-state index contributed by atoms with van der Waals surface area (Å²) in [6.45, 7) is 0. The van der Waals surface area contributed by atoms with Crippen LogP contribution in [0.2, 0.25) is 10.0 Å². The fraction of sp³-hybridized carbons (Fsp3) is 0.125. The van der Waals surface area contributed by atoms with E-state index in [-0.39, 0.29) is 15.6 Å². The van der Waals surface area contributed by atoms with Gasteiger partial charge in [0.25, 0.3) is 0 Å². The molecule has 2 aromatic rings. The summed E-state index contributed by atoms with van der Waals surface area (Å²) in [4.78, 5) is 12.6.